The first-order valence-electron chi connectivity index (χ1n) is 6.83. The minimum Gasteiger partial charge on any atom is -0.447 e. The van der Waals surface area contributed by atoms with E-state index in [4.69, 9.17) is 4.42 Å². The second-order valence-corrected chi connectivity index (χ2v) is 6.89. The average Bonchev–Trinajstić information content (AvgIpc) is 3.06. The van der Waals surface area contributed by atoms with Gasteiger partial charge in [-0.1, -0.05) is 19.8 Å². The van der Waals surface area contributed by atoms with Gasteiger partial charge in [0.25, 0.3) is 10.0 Å². The van der Waals surface area contributed by atoms with E-state index in [2.05, 4.69) is 5.32 Å². The molecule has 0 aliphatic heterocycles. The fourth-order valence-electron chi connectivity index (χ4n) is 2.45. The lowest BCUT2D eigenvalue weighted by Crippen LogP contribution is -2.34. The second kappa shape index (κ2) is 6.07. The van der Waals surface area contributed by atoms with E-state index >= 15 is 0 Å². The third-order valence-corrected chi connectivity index (χ3v) is 5.44. The lowest BCUT2D eigenvalue weighted by Gasteiger charge is -2.22. The van der Waals surface area contributed by atoms with Crippen LogP contribution in [0.2, 0.25) is 0 Å². The molecule has 0 bridgehead atoms. The normalized spacial score (nSPS) is 17.4. The molecule has 0 spiro atoms. The predicted octanol–water partition coefficient (Wildman–Crippen LogP) is 1.95. The van der Waals surface area contributed by atoms with Crippen molar-refractivity contribution in [3.63, 3.8) is 0 Å². The molecule has 1 aromatic heterocycles. The van der Waals surface area contributed by atoms with Gasteiger partial charge in [0, 0.05) is 13.1 Å². The maximum atomic E-state index is 12.4. The molecule has 1 aromatic rings. The first-order valence-corrected chi connectivity index (χ1v) is 8.27. The van der Waals surface area contributed by atoms with Crippen molar-refractivity contribution in [2.24, 2.45) is 0 Å². The van der Waals surface area contributed by atoms with Crippen LogP contribution in [0, 0.1) is 0 Å². The number of sulfonamides is 1. The molecule has 1 aliphatic rings. The third-order valence-electron chi connectivity index (χ3n) is 3.66. The molecule has 0 saturated heterocycles. The Bertz CT molecular complexity index is 504. The zero-order valence-corrected chi connectivity index (χ0v) is 12.4. The summed E-state index contributed by atoms with van der Waals surface area (Å²) in [7, 11) is -1.84. The smallest absolute Gasteiger partial charge is 0.276 e. The van der Waals surface area contributed by atoms with Crippen LogP contribution in [0.15, 0.2) is 21.6 Å². The highest BCUT2D eigenvalue weighted by molar-refractivity contribution is 7.89. The predicted molar refractivity (Wildman–Crippen MR) is 73.3 cm³/mol. The molecule has 1 N–H and O–H groups in total. The molecule has 1 heterocycles. The van der Waals surface area contributed by atoms with Crippen molar-refractivity contribution in [1.82, 2.24) is 9.62 Å². The summed E-state index contributed by atoms with van der Waals surface area (Å²) in [6.45, 7) is 3.37. The van der Waals surface area contributed by atoms with Crippen LogP contribution >= 0.6 is 0 Å². The third kappa shape index (κ3) is 3.19. The summed E-state index contributed by atoms with van der Waals surface area (Å²) < 4.78 is 31.7. The van der Waals surface area contributed by atoms with E-state index in [1.807, 2.05) is 6.92 Å². The Morgan fingerprint density at radius 3 is 2.68 bits per heavy atom. The number of hydrogen-bond donors (Lipinski definition) is 1. The second-order valence-electron chi connectivity index (χ2n) is 4.96. The van der Waals surface area contributed by atoms with E-state index in [0.717, 1.165) is 32.2 Å². The van der Waals surface area contributed by atoms with Crippen LogP contribution in [0.5, 0.6) is 0 Å². The molecule has 1 fully saturated rings. The quantitative estimate of drug-likeness (QED) is 0.868. The van der Waals surface area contributed by atoms with Crippen molar-refractivity contribution in [3.05, 3.63) is 17.9 Å². The van der Waals surface area contributed by atoms with Gasteiger partial charge in [-0.3, -0.25) is 0 Å². The van der Waals surface area contributed by atoms with Crippen LogP contribution in [0.1, 0.15) is 38.4 Å². The van der Waals surface area contributed by atoms with Crippen LogP contribution < -0.4 is 5.32 Å². The van der Waals surface area contributed by atoms with Crippen LogP contribution in [-0.4, -0.2) is 32.4 Å². The van der Waals surface area contributed by atoms with E-state index in [-0.39, 0.29) is 11.1 Å². The minimum atomic E-state index is -3.49. The van der Waals surface area contributed by atoms with Gasteiger partial charge in [0.05, 0.1) is 6.54 Å². The van der Waals surface area contributed by atoms with Crippen LogP contribution in [0.4, 0.5) is 0 Å². The summed E-state index contributed by atoms with van der Waals surface area (Å²) in [5, 5.41) is 3.16. The highest BCUT2D eigenvalue weighted by atomic mass is 32.2. The summed E-state index contributed by atoms with van der Waals surface area (Å²) in [6, 6.07) is 3.39. The molecule has 2 rings (SSSR count). The van der Waals surface area contributed by atoms with E-state index in [1.54, 1.807) is 19.2 Å². The first kappa shape index (κ1) is 14.6. The molecular weight excluding hydrogens is 264 g/mol. The number of hydrogen-bond acceptors (Lipinski definition) is 4. The van der Waals surface area contributed by atoms with Crippen LogP contribution in [-0.2, 0) is 16.6 Å². The molecular formula is C13H22N2O3S. The minimum absolute atomic E-state index is 0.0507. The summed E-state index contributed by atoms with van der Waals surface area (Å²) in [5.74, 6) is 0.653. The maximum absolute atomic E-state index is 12.4. The summed E-state index contributed by atoms with van der Waals surface area (Å²) in [6.07, 6.45) is 4.10. The lowest BCUT2D eigenvalue weighted by atomic mass is 10.3. The van der Waals surface area contributed by atoms with Crippen molar-refractivity contribution in [2.75, 3.05) is 13.6 Å². The fourth-order valence-corrected chi connectivity index (χ4v) is 3.79. The van der Waals surface area contributed by atoms with Gasteiger partial charge < -0.3 is 9.73 Å². The molecule has 0 aromatic carbocycles. The molecule has 1 aliphatic carbocycles. The molecule has 0 unspecified atom stereocenters. The molecule has 5 nitrogen and oxygen atoms in total. The summed E-state index contributed by atoms with van der Waals surface area (Å²) in [5.41, 5.74) is 0. The zero-order valence-electron chi connectivity index (χ0n) is 11.6. The SMILES string of the molecule is CCNCc1ccc(S(=O)(=O)N(C)C2CCCC2)o1. The van der Waals surface area contributed by atoms with Crippen molar-refractivity contribution in [1.29, 1.82) is 0 Å². The molecule has 19 heavy (non-hydrogen) atoms. The Balaban J connectivity index is 2.12. The van der Waals surface area contributed by atoms with E-state index < -0.39 is 10.0 Å². The van der Waals surface area contributed by atoms with Crippen molar-refractivity contribution >= 4 is 10.0 Å². The monoisotopic (exact) mass is 286 g/mol. The zero-order chi connectivity index (χ0) is 13.9. The Kier molecular flexibility index (Phi) is 4.65. The standard InChI is InChI=1S/C13H22N2O3S/c1-3-14-10-12-8-9-13(18-12)19(16,17)15(2)11-6-4-5-7-11/h8-9,11,14H,3-7,10H2,1-2H3. The summed E-state index contributed by atoms with van der Waals surface area (Å²) in [4.78, 5) is 0. The Morgan fingerprint density at radius 2 is 2.05 bits per heavy atom. The number of furan rings is 1. The van der Waals surface area contributed by atoms with E-state index in [0.29, 0.717) is 12.3 Å². The molecule has 108 valence electrons. The van der Waals surface area contributed by atoms with E-state index in [1.165, 1.54) is 4.31 Å². The van der Waals surface area contributed by atoms with Crippen LogP contribution in [0.3, 0.4) is 0 Å². The van der Waals surface area contributed by atoms with Gasteiger partial charge in [-0.05, 0) is 31.5 Å². The van der Waals surface area contributed by atoms with Gasteiger partial charge in [-0.15, -0.1) is 0 Å². The lowest BCUT2D eigenvalue weighted by molar-refractivity contribution is 0.343. The Hall–Kier alpha value is -0.850. The number of nitrogens with one attached hydrogen (secondary N) is 1. The van der Waals surface area contributed by atoms with Crippen molar-refractivity contribution in [3.8, 4) is 0 Å². The molecule has 0 radical (unpaired) electrons. The topological polar surface area (TPSA) is 62.6 Å². The number of nitrogens with zero attached hydrogens (tertiary/aromatic N) is 1. The average molecular weight is 286 g/mol. The fraction of sp³-hybridized carbons (Fsp3) is 0.692. The van der Waals surface area contributed by atoms with Gasteiger partial charge in [0.1, 0.15) is 5.76 Å². The Labute approximate surface area is 115 Å². The molecule has 6 heteroatoms. The van der Waals surface area contributed by atoms with Gasteiger partial charge in [-0.25, -0.2) is 8.42 Å². The largest absolute Gasteiger partial charge is 0.447 e. The van der Waals surface area contributed by atoms with Crippen molar-refractivity contribution < 1.29 is 12.8 Å². The first-order chi connectivity index (χ1) is 9.05. The maximum Gasteiger partial charge on any atom is 0.276 e. The van der Waals surface area contributed by atoms with Crippen LogP contribution in [0.25, 0.3) is 0 Å². The van der Waals surface area contributed by atoms with Gasteiger partial charge >= 0.3 is 0 Å². The number of rotatable bonds is 6. The molecule has 0 atom stereocenters. The highest BCUT2D eigenvalue weighted by Gasteiger charge is 2.32. The highest BCUT2D eigenvalue weighted by Crippen LogP contribution is 2.27. The van der Waals surface area contributed by atoms with Gasteiger partial charge in [0.2, 0.25) is 5.09 Å². The molecule has 1 saturated carbocycles. The van der Waals surface area contributed by atoms with Crippen molar-refractivity contribution in [2.45, 2.75) is 50.3 Å². The Morgan fingerprint density at radius 1 is 1.37 bits per heavy atom. The van der Waals surface area contributed by atoms with Gasteiger partial charge in [-0.2, -0.15) is 4.31 Å². The van der Waals surface area contributed by atoms with E-state index in [9.17, 15) is 8.42 Å². The molecule has 0 amide bonds. The summed E-state index contributed by atoms with van der Waals surface area (Å²) >= 11 is 0. The van der Waals surface area contributed by atoms with Gasteiger partial charge in [0.15, 0.2) is 0 Å².